The molecule has 1 saturated carbocycles. The number of rotatable bonds is 2. The Kier molecular flexibility index (Phi) is 4.30. The average Bonchev–Trinajstić information content (AvgIpc) is 2.33. The van der Waals surface area contributed by atoms with E-state index in [-0.39, 0.29) is 5.54 Å². The van der Waals surface area contributed by atoms with E-state index in [0.717, 1.165) is 6.42 Å². The Balaban J connectivity index is 2.33. The SMILES string of the molecule is Cc1cccc(C)c1CC1(N)CCCCC1C(C)(C)C. The summed E-state index contributed by atoms with van der Waals surface area (Å²) >= 11 is 0. The van der Waals surface area contributed by atoms with Gasteiger partial charge in [0.2, 0.25) is 0 Å². The molecule has 1 nitrogen and oxygen atoms in total. The van der Waals surface area contributed by atoms with Crippen LogP contribution in [0.25, 0.3) is 0 Å². The monoisotopic (exact) mass is 273 g/mol. The highest BCUT2D eigenvalue weighted by Gasteiger charge is 2.43. The van der Waals surface area contributed by atoms with Crippen molar-refractivity contribution >= 4 is 0 Å². The molecule has 0 spiro atoms. The number of hydrogen-bond donors (Lipinski definition) is 1. The van der Waals surface area contributed by atoms with Gasteiger partial charge in [0.1, 0.15) is 0 Å². The first kappa shape index (κ1) is 15.6. The topological polar surface area (TPSA) is 26.0 Å². The Hall–Kier alpha value is -0.820. The summed E-state index contributed by atoms with van der Waals surface area (Å²) in [7, 11) is 0. The van der Waals surface area contributed by atoms with Crippen LogP contribution in [0.15, 0.2) is 18.2 Å². The van der Waals surface area contributed by atoms with E-state index in [1.54, 1.807) is 0 Å². The van der Waals surface area contributed by atoms with Gasteiger partial charge in [-0.3, -0.25) is 0 Å². The fraction of sp³-hybridized carbons (Fsp3) is 0.684. The third kappa shape index (κ3) is 3.09. The second-order valence-corrected chi connectivity index (χ2v) is 7.94. The molecule has 1 heteroatoms. The highest BCUT2D eigenvalue weighted by Crippen LogP contribution is 2.45. The lowest BCUT2D eigenvalue weighted by Gasteiger charge is -2.48. The quantitative estimate of drug-likeness (QED) is 0.824. The molecule has 0 saturated heterocycles. The first-order valence-corrected chi connectivity index (χ1v) is 8.08. The van der Waals surface area contributed by atoms with E-state index in [9.17, 15) is 0 Å². The van der Waals surface area contributed by atoms with Gasteiger partial charge in [0, 0.05) is 5.54 Å². The van der Waals surface area contributed by atoms with Gasteiger partial charge in [0.05, 0.1) is 0 Å². The molecule has 2 atom stereocenters. The molecule has 0 bridgehead atoms. The van der Waals surface area contributed by atoms with Gasteiger partial charge in [0.25, 0.3) is 0 Å². The van der Waals surface area contributed by atoms with Gasteiger partial charge in [0.15, 0.2) is 0 Å². The van der Waals surface area contributed by atoms with E-state index >= 15 is 0 Å². The molecule has 1 fully saturated rings. The minimum atomic E-state index is -0.0344. The molecular weight excluding hydrogens is 242 g/mol. The maximum atomic E-state index is 6.96. The smallest absolute Gasteiger partial charge is 0.0228 e. The summed E-state index contributed by atoms with van der Waals surface area (Å²) < 4.78 is 0. The molecule has 0 amide bonds. The normalized spacial score (nSPS) is 27.6. The van der Waals surface area contributed by atoms with Crippen molar-refractivity contribution in [2.24, 2.45) is 17.1 Å². The van der Waals surface area contributed by atoms with Crippen molar-refractivity contribution in [3.8, 4) is 0 Å². The van der Waals surface area contributed by atoms with Crippen molar-refractivity contribution in [3.63, 3.8) is 0 Å². The Labute approximate surface area is 125 Å². The van der Waals surface area contributed by atoms with Crippen LogP contribution in [0.2, 0.25) is 0 Å². The Bertz CT molecular complexity index is 449. The van der Waals surface area contributed by atoms with Gasteiger partial charge in [-0.1, -0.05) is 51.8 Å². The third-order valence-electron chi connectivity index (χ3n) is 5.27. The van der Waals surface area contributed by atoms with E-state index in [0.29, 0.717) is 11.3 Å². The standard InChI is InChI=1S/C19H31N/c1-14-9-8-10-15(2)16(14)13-19(20)12-7-6-11-17(19)18(3,4)5/h8-10,17H,6-7,11-13,20H2,1-5H3. The predicted octanol–water partition coefficient (Wildman–Crippen LogP) is 4.78. The number of aryl methyl sites for hydroxylation is 2. The summed E-state index contributed by atoms with van der Waals surface area (Å²) in [5.74, 6) is 0.614. The van der Waals surface area contributed by atoms with E-state index in [2.05, 4.69) is 52.8 Å². The molecular formula is C19H31N. The van der Waals surface area contributed by atoms with Crippen LogP contribution >= 0.6 is 0 Å². The summed E-state index contributed by atoms with van der Waals surface area (Å²) in [5, 5.41) is 0. The van der Waals surface area contributed by atoms with Crippen LogP contribution < -0.4 is 5.73 Å². The molecule has 2 unspecified atom stereocenters. The molecule has 0 radical (unpaired) electrons. The average molecular weight is 273 g/mol. The Morgan fingerprint density at radius 2 is 1.75 bits per heavy atom. The molecule has 1 aromatic rings. The van der Waals surface area contributed by atoms with Crippen molar-refractivity contribution in [2.45, 2.75) is 72.3 Å². The minimum Gasteiger partial charge on any atom is -0.325 e. The Morgan fingerprint density at radius 3 is 2.30 bits per heavy atom. The highest BCUT2D eigenvalue weighted by atomic mass is 14.8. The largest absolute Gasteiger partial charge is 0.325 e. The zero-order valence-corrected chi connectivity index (χ0v) is 13.9. The van der Waals surface area contributed by atoms with Crippen LogP contribution in [0.1, 0.15) is 63.1 Å². The van der Waals surface area contributed by atoms with E-state index < -0.39 is 0 Å². The first-order chi connectivity index (χ1) is 9.24. The van der Waals surface area contributed by atoms with Crippen molar-refractivity contribution in [2.75, 3.05) is 0 Å². The van der Waals surface area contributed by atoms with Crippen LogP contribution in [-0.4, -0.2) is 5.54 Å². The lowest BCUT2D eigenvalue weighted by Crippen LogP contribution is -2.55. The van der Waals surface area contributed by atoms with Crippen LogP contribution in [0.3, 0.4) is 0 Å². The van der Waals surface area contributed by atoms with Crippen molar-refractivity contribution in [1.82, 2.24) is 0 Å². The van der Waals surface area contributed by atoms with Crippen LogP contribution in [0.5, 0.6) is 0 Å². The molecule has 0 aliphatic heterocycles. The van der Waals surface area contributed by atoms with Gasteiger partial charge < -0.3 is 5.73 Å². The van der Waals surface area contributed by atoms with Crippen LogP contribution in [0, 0.1) is 25.2 Å². The van der Waals surface area contributed by atoms with Crippen LogP contribution in [-0.2, 0) is 6.42 Å². The van der Waals surface area contributed by atoms with Gasteiger partial charge in [-0.2, -0.15) is 0 Å². The molecule has 0 aromatic heterocycles. The van der Waals surface area contributed by atoms with Gasteiger partial charge in [-0.15, -0.1) is 0 Å². The summed E-state index contributed by atoms with van der Waals surface area (Å²) in [4.78, 5) is 0. The molecule has 1 aliphatic rings. The second-order valence-electron chi connectivity index (χ2n) is 7.94. The highest BCUT2D eigenvalue weighted by molar-refractivity contribution is 5.35. The minimum absolute atomic E-state index is 0.0344. The molecule has 0 heterocycles. The lowest BCUT2D eigenvalue weighted by molar-refractivity contribution is 0.0791. The summed E-state index contributed by atoms with van der Waals surface area (Å²) in [6, 6.07) is 6.60. The van der Waals surface area contributed by atoms with Gasteiger partial charge in [-0.25, -0.2) is 0 Å². The van der Waals surface area contributed by atoms with Crippen molar-refractivity contribution in [1.29, 1.82) is 0 Å². The fourth-order valence-corrected chi connectivity index (χ4v) is 4.23. The fourth-order valence-electron chi connectivity index (χ4n) is 4.23. The summed E-state index contributed by atoms with van der Waals surface area (Å²) in [6.07, 6.45) is 6.11. The van der Waals surface area contributed by atoms with Crippen LogP contribution in [0.4, 0.5) is 0 Å². The second kappa shape index (κ2) is 5.52. The van der Waals surface area contributed by atoms with E-state index in [1.807, 2.05) is 0 Å². The summed E-state index contributed by atoms with van der Waals surface area (Å²) in [5.41, 5.74) is 11.5. The Morgan fingerprint density at radius 1 is 1.15 bits per heavy atom. The van der Waals surface area contributed by atoms with Crippen molar-refractivity contribution < 1.29 is 0 Å². The maximum Gasteiger partial charge on any atom is 0.0228 e. The number of nitrogens with two attached hydrogens (primary N) is 1. The number of benzene rings is 1. The van der Waals surface area contributed by atoms with E-state index in [4.69, 9.17) is 5.73 Å². The molecule has 112 valence electrons. The molecule has 2 N–H and O–H groups in total. The van der Waals surface area contributed by atoms with Gasteiger partial charge >= 0.3 is 0 Å². The van der Waals surface area contributed by atoms with Gasteiger partial charge in [-0.05, 0) is 61.1 Å². The first-order valence-electron chi connectivity index (χ1n) is 8.08. The van der Waals surface area contributed by atoms with Crippen molar-refractivity contribution in [3.05, 3.63) is 34.9 Å². The van der Waals surface area contributed by atoms with E-state index in [1.165, 1.54) is 42.4 Å². The third-order valence-corrected chi connectivity index (χ3v) is 5.27. The maximum absolute atomic E-state index is 6.96. The number of hydrogen-bond acceptors (Lipinski definition) is 1. The zero-order valence-electron chi connectivity index (χ0n) is 13.9. The zero-order chi connectivity index (χ0) is 15.0. The summed E-state index contributed by atoms with van der Waals surface area (Å²) in [6.45, 7) is 11.5. The molecule has 1 aliphatic carbocycles. The molecule has 2 rings (SSSR count). The molecule has 1 aromatic carbocycles. The molecule has 20 heavy (non-hydrogen) atoms. The lowest BCUT2D eigenvalue weighted by atomic mass is 9.60. The predicted molar refractivity (Wildman–Crippen MR) is 88.0 cm³/mol.